The van der Waals surface area contributed by atoms with Crippen molar-refractivity contribution in [2.45, 2.75) is 58.2 Å². The van der Waals surface area contributed by atoms with Crippen LogP contribution in [0.15, 0.2) is 24.3 Å². The van der Waals surface area contributed by atoms with Gasteiger partial charge >= 0.3 is 11.7 Å². The Morgan fingerprint density at radius 3 is 2.61 bits per heavy atom. The van der Waals surface area contributed by atoms with Gasteiger partial charge in [-0.1, -0.05) is 24.3 Å². The number of nitrogens with two attached hydrogens (primary N) is 1. The van der Waals surface area contributed by atoms with Crippen LogP contribution in [0.2, 0.25) is 0 Å². The number of carbonyl (C=O) groups is 1. The molecule has 1 aliphatic heterocycles. The first-order valence-corrected chi connectivity index (χ1v) is 11.4. The average molecular weight is 455 g/mol. The first-order valence-electron chi connectivity index (χ1n) is 11.4. The molecule has 0 atom stereocenters. The van der Waals surface area contributed by atoms with Crippen molar-refractivity contribution < 1.29 is 14.5 Å². The lowest BCUT2D eigenvalue weighted by Crippen LogP contribution is -2.45. The zero-order valence-corrected chi connectivity index (χ0v) is 19.1. The van der Waals surface area contributed by atoms with Gasteiger partial charge in [0.1, 0.15) is 11.4 Å². The van der Waals surface area contributed by atoms with Gasteiger partial charge in [-0.3, -0.25) is 15.0 Å². The fraction of sp³-hybridized carbons (Fsp3) is 0.522. The molecule has 2 fully saturated rings. The van der Waals surface area contributed by atoms with Crippen molar-refractivity contribution in [2.75, 3.05) is 30.3 Å². The highest BCUT2D eigenvalue weighted by molar-refractivity contribution is 5.90. The molecule has 2 aromatic rings. The molecule has 176 valence electrons. The van der Waals surface area contributed by atoms with Crippen molar-refractivity contribution in [3.63, 3.8) is 0 Å². The molecular formula is C23H30N6O4. The molecule has 0 spiro atoms. The van der Waals surface area contributed by atoms with Crippen LogP contribution in [-0.4, -0.2) is 51.0 Å². The molecule has 2 N–H and O–H groups in total. The van der Waals surface area contributed by atoms with Crippen LogP contribution in [0.5, 0.6) is 0 Å². The second-order valence-corrected chi connectivity index (χ2v) is 8.73. The molecule has 10 heteroatoms. The van der Waals surface area contributed by atoms with Crippen molar-refractivity contribution in [3.8, 4) is 0 Å². The number of hydrogen-bond acceptors (Lipinski definition) is 9. The highest BCUT2D eigenvalue weighted by Crippen LogP contribution is 2.48. The van der Waals surface area contributed by atoms with E-state index in [9.17, 15) is 14.9 Å². The molecule has 10 nitrogen and oxygen atoms in total. The van der Waals surface area contributed by atoms with Crippen molar-refractivity contribution in [1.82, 2.24) is 14.9 Å². The Hall–Kier alpha value is -3.27. The van der Waals surface area contributed by atoms with Crippen LogP contribution in [-0.2, 0) is 22.6 Å². The fourth-order valence-corrected chi connectivity index (χ4v) is 4.54. The normalized spacial score (nSPS) is 17.0. The Bertz CT molecular complexity index is 1050. The van der Waals surface area contributed by atoms with E-state index < -0.39 is 16.4 Å². The Kier molecular flexibility index (Phi) is 6.46. The SMILES string of the molecule is CCOC(=O)C1(N(Cc2cccc(CN3CCCC3)c2)c2nc(C)nc(N)c2[N+](=O)[O-])CC1. The number of hydrogen-bond donors (Lipinski definition) is 1. The lowest BCUT2D eigenvalue weighted by Gasteiger charge is -2.31. The summed E-state index contributed by atoms with van der Waals surface area (Å²) in [5.41, 5.74) is 6.65. The summed E-state index contributed by atoms with van der Waals surface area (Å²) >= 11 is 0. The van der Waals surface area contributed by atoms with E-state index >= 15 is 0 Å². The highest BCUT2D eigenvalue weighted by Gasteiger charge is 2.58. The Labute approximate surface area is 192 Å². The van der Waals surface area contributed by atoms with Gasteiger partial charge in [-0.15, -0.1) is 0 Å². The summed E-state index contributed by atoms with van der Waals surface area (Å²) in [6, 6.07) is 8.12. The summed E-state index contributed by atoms with van der Waals surface area (Å²) in [5, 5.41) is 11.9. The minimum Gasteiger partial charge on any atom is -0.464 e. The second kappa shape index (κ2) is 9.30. The van der Waals surface area contributed by atoms with Gasteiger partial charge in [0.2, 0.25) is 11.6 Å². The zero-order chi connectivity index (χ0) is 23.6. The van der Waals surface area contributed by atoms with E-state index in [1.165, 1.54) is 18.4 Å². The van der Waals surface area contributed by atoms with Gasteiger partial charge in [0.15, 0.2) is 0 Å². The predicted molar refractivity (Wildman–Crippen MR) is 124 cm³/mol. The van der Waals surface area contributed by atoms with Crippen LogP contribution in [0.1, 0.15) is 49.6 Å². The monoisotopic (exact) mass is 454 g/mol. The average Bonchev–Trinajstić information content (AvgIpc) is 3.41. The molecule has 0 unspecified atom stereocenters. The van der Waals surface area contributed by atoms with Gasteiger partial charge < -0.3 is 15.4 Å². The third-order valence-electron chi connectivity index (χ3n) is 6.28. The van der Waals surface area contributed by atoms with E-state index in [4.69, 9.17) is 10.5 Å². The largest absolute Gasteiger partial charge is 0.464 e. The van der Waals surface area contributed by atoms with Gasteiger partial charge in [0.25, 0.3) is 0 Å². The van der Waals surface area contributed by atoms with Crippen LogP contribution in [0.3, 0.4) is 0 Å². The molecular weight excluding hydrogens is 424 g/mol. The smallest absolute Gasteiger partial charge is 0.353 e. The number of esters is 1. The Balaban J connectivity index is 1.73. The topological polar surface area (TPSA) is 128 Å². The summed E-state index contributed by atoms with van der Waals surface area (Å²) in [4.78, 5) is 36.8. The summed E-state index contributed by atoms with van der Waals surface area (Å²) in [6.45, 7) is 6.91. The van der Waals surface area contributed by atoms with Crippen LogP contribution in [0.4, 0.5) is 17.3 Å². The number of benzene rings is 1. The van der Waals surface area contributed by atoms with E-state index in [1.54, 1.807) is 18.7 Å². The molecule has 1 aromatic heterocycles. The zero-order valence-electron chi connectivity index (χ0n) is 19.1. The molecule has 1 aliphatic carbocycles. The molecule has 2 aliphatic rings. The summed E-state index contributed by atoms with van der Waals surface area (Å²) in [7, 11) is 0. The maximum absolute atomic E-state index is 13.0. The number of ether oxygens (including phenoxy) is 1. The standard InChI is InChI=1S/C23H30N6O4/c1-3-33-22(30)23(9-10-23)28(21-19(29(31)32)20(24)25-16(2)26-21)15-18-8-6-7-17(13-18)14-27-11-4-5-12-27/h6-8,13H,3-5,9-12,14-15H2,1-2H3,(H2,24,25,26). The molecule has 4 rings (SSSR count). The number of aromatic nitrogens is 2. The molecule has 33 heavy (non-hydrogen) atoms. The van der Waals surface area contributed by atoms with E-state index in [2.05, 4.69) is 27.0 Å². The maximum Gasteiger partial charge on any atom is 0.353 e. The van der Waals surface area contributed by atoms with Crippen LogP contribution in [0.25, 0.3) is 0 Å². The van der Waals surface area contributed by atoms with E-state index in [0.29, 0.717) is 18.7 Å². The molecule has 0 radical (unpaired) electrons. The van der Waals surface area contributed by atoms with Gasteiger partial charge in [-0.25, -0.2) is 14.8 Å². The molecule has 2 heterocycles. The summed E-state index contributed by atoms with van der Waals surface area (Å²) in [5.74, 6) is -0.252. The number of carbonyl (C=O) groups excluding carboxylic acids is 1. The number of nitrogen functional groups attached to an aromatic ring is 1. The highest BCUT2D eigenvalue weighted by atomic mass is 16.6. The minimum atomic E-state index is -1.00. The number of anilines is 2. The van der Waals surface area contributed by atoms with Crippen molar-refractivity contribution in [3.05, 3.63) is 51.3 Å². The van der Waals surface area contributed by atoms with E-state index in [0.717, 1.165) is 25.2 Å². The molecule has 1 aromatic carbocycles. The molecule has 0 amide bonds. The predicted octanol–water partition coefficient (Wildman–Crippen LogP) is 2.97. The number of nitrogens with zero attached hydrogens (tertiary/aromatic N) is 5. The maximum atomic E-state index is 13.0. The molecule has 1 saturated carbocycles. The van der Waals surface area contributed by atoms with E-state index in [-0.39, 0.29) is 30.5 Å². The van der Waals surface area contributed by atoms with Gasteiger partial charge in [0.05, 0.1) is 11.5 Å². The van der Waals surface area contributed by atoms with Gasteiger partial charge in [-0.2, -0.15) is 0 Å². The summed E-state index contributed by atoms with van der Waals surface area (Å²) in [6.07, 6.45) is 3.49. The number of aryl methyl sites for hydroxylation is 1. The molecule has 1 saturated heterocycles. The van der Waals surface area contributed by atoms with Crippen LogP contribution < -0.4 is 10.6 Å². The third kappa shape index (κ3) is 4.75. The molecule has 0 bridgehead atoms. The fourth-order valence-electron chi connectivity index (χ4n) is 4.54. The lowest BCUT2D eigenvalue weighted by molar-refractivity contribution is -0.383. The van der Waals surface area contributed by atoms with Crippen LogP contribution in [0, 0.1) is 17.0 Å². The Morgan fingerprint density at radius 1 is 1.27 bits per heavy atom. The lowest BCUT2D eigenvalue weighted by atomic mass is 10.1. The third-order valence-corrected chi connectivity index (χ3v) is 6.28. The first kappa shape index (κ1) is 22.9. The number of likely N-dealkylation sites (tertiary alicyclic amines) is 1. The van der Waals surface area contributed by atoms with E-state index in [1.807, 2.05) is 12.1 Å². The van der Waals surface area contributed by atoms with Gasteiger partial charge in [0, 0.05) is 13.1 Å². The van der Waals surface area contributed by atoms with Gasteiger partial charge in [-0.05, 0) is 63.7 Å². The van der Waals surface area contributed by atoms with Crippen LogP contribution >= 0.6 is 0 Å². The van der Waals surface area contributed by atoms with Crippen molar-refractivity contribution >= 4 is 23.3 Å². The number of rotatable bonds is 9. The number of nitro groups is 1. The Morgan fingerprint density at radius 2 is 1.97 bits per heavy atom. The second-order valence-electron chi connectivity index (χ2n) is 8.73. The minimum absolute atomic E-state index is 0.0560. The van der Waals surface area contributed by atoms with Crippen molar-refractivity contribution in [1.29, 1.82) is 0 Å². The quantitative estimate of drug-likeness (QED) is 0.345. The van der Waals surface area contributed by atoms with Crippen molar-refractivity contribution in [2.24, 2.45) is 0 Å². The first-order chi connectivity index (χ1) is 15.8. The summed E-state index contributed by atoms with van der Waals surface area (Å²) < 4.78 is 5.35.